The van der Waals surface area contributed by atoms with Gasteiger partial charge in [-0.15, -0.1) is 0 Å². The number of hydrogen-bond donors (Lipinski definition) is 2. The van der Waals surface area contributed by atoms with Crippen molar-refractivity contribution in [2.75, 3.05) is 20.2 Å². The fourth-order valence-corrected chi connectivity index (χ4v) is 4.14. The molecule has 2 atom stereocenters. The molecule has 0 aromatic heterocycles. The molecule has 2 aromatic carbocycles. The number of hydrogen-bond acceptors (Lipinski definition) is 4. The smallest absolute Gasteiger partial charge is 0.253 e. The van der Waals surface area contributed by atoms with Crippen LogP contribution in [0, 0.1) is 5.92 Å². The van der Waals surface area contributed by atoms with Crippen LogP contribution in [0.15, 0.2) is 48.5 Å². The Bertz CT molecular complexity index is 986. The van der Waals surface area contributed by atoms with E-state index in [1.165, 1.54) is 0 Å². The normalized spacial score (nSPS) is 15.8. The van der Waals surface area contributed by atoms with Crippen molar-refractivity contribution < 1.29 is 19.1 Å². The molecule has 7 nitrogen and oxygen atoms in total. The van der Waals surface area contributed by atoms with E-state index in [1.807, 2.05) is 13.8 Å². The van der Waals surface area contributed by atoms with Crippen LogP contribution in [0.5, 0.6) is 5.75 Å². The van der Waals surface area contributed by atoms with Gasteiger partial charge >= 0.3 is 0 Å². The molecule has 1 aliphatic rings. The van der Waals surface area contributed by atoms with Gasteiger partial charge in [-0.3, -0.25) is 14.4 Å². The van der Waals surface area contributed by atoms with Gasteiger partial charge in [0, 0.05) is 35.3 Å². The van der Waals surface area contributed by atoms with Crippen molar-refractivity contribution >= 4 is 29.3 Å². The number of nitrogens with zero attached hydrogens (tertiary/aromatic N) is 1. The van der Waals surface area contributed by atoms with Crippen molar-refractivity contribution in [3.8, 4) is 5.75 Å². The first-order valence-corrected chi connectivity index (χ1v) is 12.0. The Kier molecular flexibility index (Phi) is 8.93. The Morgan fingerprint density at radius 2 is 1.59 bits per heavy atom. The molecule has 3 rings (SSSR count). The molecule has 182 valence electrons. The molecule has 34 heavy (non-hydrogen) atoms. The van der Waals surface area contributed by atoms with Gasteiger partial charge in [0.15, 0.2) is 0 Å². The predicted octanol–water partition coefficient (Wildman–Crippen LogP) is 3.91. The summed E-state index contributed by atoms with van der Waals surface area (Å²) in [6.07, 6.45) is 2.01. The van der Waals surface area contributed by atoms with Gasteiger partial charge in [0.05, 0.1) is 7.11 Å². The summed E-state index contributed by atoms with van der Waals surface area (Å²) in [5, 5.41) is 6.52. The molecule has 0 unspecified atom stereocenters. The maximum absolute atomic E-state index is 13.1. The summed E-state index contributed by atoms with van der Waals surface area (Å²) >= 11 is 5.93. The molecule has 0 spiro atoms. The first-order valence-electron chi connectivity index (χ1n) is 11.6. The number of likely N-dealkylation sites (tertiary alicyclic amines) is 1. The third-order valence-corrected chi connectivity index (χ3v) is 6.56. The first-order chi connectivity index (χ1) is 16.3. The summed E-state index contributed by atoms with van der Waals surface area (Å²) < 4.78 is 5.15. The number of carbonyl (C=O) groups excluding carboxylic acids is 3. The predicted molar refractivity (Wildman–Crippen MR) is 132 cm³/mol. The maximum Gasteiger partial charge on any atom is 0.253 e. The van der Waals surface area contributed by atoms with Gasteiger partial charge in [-0.05, 0) is 80.6 Å². The number of benzene rings is 2. The van der Waals surface area contributed by atoms with Gasteiger partial charge in [-0.25, -0.2) is 0 Å². The van der Waals surface area contributed by atoms with Crippen molar-refractivity contribution in [3.05, 3.63) is 64.7 Å². The van der Waals surface area contributed by atoms with Crippen LogP contribution >= 0.6 is 11.6 Å². The van der Waals surface area contributed by atoms with Gasteiger partial charge in [0.2, 0.25) is 5.91 Å². The molecule has 0 saturated carbocycles. The van der Waals surface area contributed by atoms with E-state index in [2.05, 4.69) is 10.6 Å². The van der Waals surface area contributed by atoms with Crippen molar-refractivity contribution in [2.24, 2.45) is 5.92 Å². The molecule has 0 radical (unpaired) electrons. The second-order valence-electron chi connectivity index (χ2n) is 8.63. The molecule has 0 bridgehead atoms. The number of nitrogens with one attached hydrogen (secondary N) is 2. The molecule has 8 heteroatoms. The molecule has 1 aliphatic heterocycles. The van der Waals surface area contributed by atoms with Crippen LogP contribution in [-0.2, 0) is 4.79 Å². The van der Waals surface area contributed by atoms with Crippen molar-refractivity contribution in [1.82, 2.24) is 15.5 Å². The summed E-state index contributed by atoms with van der Waals surface area (Å²) in [4.78, 5) is 40.7. The van der Waals surface area contributed by atoms with Crippen LogP contribution in [0.3, 0.4) is 0 Å². The lowest BCUT2D eigenvalue weighted by Crippen LogP contribution is -2.55. The summed E-state index contributed by atoms with van der Waals surface area (Å²) in [6.45, 7) is 4.96. The van der Waals surface area contributed by atoms with Gasteiger partial charge in [-0.1, -0.05) is 18.5 Å². The van der Waals surface area contributed by atoms with Gasteiger partial charge < -0.3 is 20.3 Å². The second-order valence-corrected chi connectivity index (χ2v) is 9.07. The van der Waals surface area contributed by atoms with E-state index in [4.69, 9.17) is 16.3 Å². The van der Waals surface area contributed by atoms with Crippen LogP contribution < -0.4 is 15.4 Å². The Hall–Kier alpha value is -3.06. The average molecular weight is 486 g/mol. The van der Waals surface area contributed by atoms with E-state index >= 15 is 0 Å². The monoisotopic (exact) mass is 485 g/mol. The lowest BCUT2D eigenvalue weighted by Gasteiger charge is -2.36. The zero-order valence-electron chi connectivity index (χ0n) is 19.8. The first kappa shape index (κ1) is 25.6. The van der Waals surface area contributed by atoms with Crippen molar-refractivity contribution in [3.63, 3.8) is 0 Å². The number of methoxy groups -OCH3 is 1. The van der Waals surface area contributed by atoms with Crippen LogP contribution in [0.2, 0.25) is 5.02 Å². The largest absolute Gasteiger partial charge is 0.497 e. The van der Waals surface area contributed by atoms with Gasteiger partial charge in [-0.2, -0.15) is 0 Å². The number of rotatable bonds is 8. The quantitative estimate of drug-likeness (QED) is 0.593. The van der Waals surface area contributed by atoms with E-state index in [1.54, 1.807) is 60.5 Å². The highest BCUT2D eigenvalue weighted by Gasteiger charge is 2.34. The summed E-state index contributed by atoms with van der Waals surface area (Å²) in [5.41, 5.74) is 1.04. The molecule has 1 saturated heterocycles. The van der Waals surface area contributed by atoms with E-state index in [-0.39, 0.29) is 29.7 Å². The molecule has 2 N–H and O–H groups in total. The fourth-order valence-electron chi connectivity index (χ4n) is 4.01. The number of carbonyl (C=O) groups is 3. The number of halogens is 1. The highest BCUT2D eigenvalue weighted by molar-refractivity contribution is 6.30. The number of ether oxygens (including phenoxy) is 1. The topological polar surface area (TPSA) is 87.7 Å². The van der Waals surface area contributed by atoms with E-state index < -0.39 is 6.04 Å². The minimum absolute atomic E-state index is 0.000500. The zero-order chi connectivity index (χ0) is 24.7. The van der Waals surface area contributed by atoms with Crippen LogP contribution in [0.1, 0.15) is 53.8 Å². The minimum atomic E-state index is -0.684. The molecule has 1 heterocycles. The minimum Gasteiger partial charge on any atom is -0.497 e. The van der Waals surface area contributed by atoms with Gasteiger partial charge in [0.25, 0.3) is 11.8 Å². The van der Waals surface area contributed by atoms with Crippen molar-refractivity contribution in [2.45, 2.75) is 45.2 Å². The Morgan fingerprint density at radius 3 is 2.15 bits per heavy atom. The number of piperidine rings is 1. The lowest BCUT2D eigenvalue weighted by molar-refractivity contribution is -0.125. The molecule has 2 aromatic rings. The standard InChI is InChI=1S/C26H32ClN3O4/c1-4-17(2)28-25(32)23(29-24(31)19-7-11-22(34-3)12-8-19)18-13-15-30(16-14-18)26(33)20-5-9-21(27)10-6-20/h5-12,17-18,23H,4,13-16H2,1-3H3,(H,28,32)(H,29,31)/t17-,23+/m0/s1. The molecule has 1 fully saturated rings. The Balaban J connectivity index is 1.69. The second kappa shape index (κ2) is 11.9. The van der Waals surface area contributed by atoms with Crippen LogP contribution in [0.25, 0.3) is 0 Å². The zero-order valence-corrected chi connectivity index (χ0v) is 20.6. The highest BCUT2D eigenvalue weighted by Crippen LogP contribution is 2.24. The third-order valence-electron chi connectivity index (χ3n) is 6.31. The summed E-state index contributed by atoms with van der Waals surface area (Å²) in [6, 6.07) is 12.9. The van der Waals surface area contributed by atoms with E-state index in [0.29, 0.717) is 47.8 Å². The van der Waals surface area contributed by atoms with Crippen molar-refractivity contribution in [1.29, 1.82) is 0 Å². The van der Waals surface area contributed by atoms with E-state index in [9.17, 15) is 14.4 Å². The van der Waals surface area contributed by atoms with Crippen LogP contribution in [-0.4, -0.2) is 54.9 Å². The molecular formula is C26H32ClN3O4. The Labute approximate surface area is 205 Å². The summed E-state index contributed by atoms with van der Waals surface area (Å²) in [5.74, 6) is 0.00386. The molecule has 0 aliphatic carbocycles. The summed E-state index contributed by atoms with van der Waals surface area (Å²) in [7, 11) is 1.56. The van der Waals surface area contributed by atoms with Gasteiger partial charge in [0.1, 0.15) is 11.8 Å². The average Bonchev–Trinajstić information content (AvgIpc) is 2.87. The third kappa shape index (κ3) is 6.50. The lowest BCUT2D eigenvalue weighted by atomic mass is 9.88. The maximum atomic E-state index is 13.1. The molecular weight excluding hydrogens is 454 g/mol. The Morgan fingerprint density at radius 1 is 1.00 bits per heavy atom. The van der Waals surface area contributed by atoms with Crippen LogP contribution in [0.4, 0.5) is 0 Å². The number of amides is 3. The SMILES string of the molecule is CC[C@H](C)NC(=O)[C@H](NC(=O)c1ccc(OC)cc1)C1CCN(C(=O)c2ccc(Cl)cc2)CC1. The fraction of sp³-hybridized carbons (Fsp3) is 0.423. The highest BCUT2D eigenvalue weighted by atomic mass is 35.5. The van der Waals surface area contributed by atoms with E-state index in [0.717, 1.165) is 6.42 Å². The molecule has 3 amide bonds.